The van der Waals surface area contributed by atoms with Crippen LogP contribution >= 0.6 is 11.8 Å². The van der Waals surface area contributed by atoms with Gasteiger partial charge in [0.05, 0.1) is 5.25 Å². The number of benzene rings is 2. The number of carbonyl (C=O) groups is 1. The van der Waals surface area contributed by atoms with Crippen LogP contribution in [0.3, 0.4) is 0 Å². The number of amides is 1. The van der Waals surface area contributed by atoms with E-state index >= 15 is 0 Å². The van der Waals surface area contributed by atoms with E-state index in [0.717, 1.165) is 16.8 Å². The summed E-state index contributed by atoms with van der Waals surface area (Å²) in [4.78, 5) is 12.4. The summed E-state index contributed by atoms with van der Waals surface area (Å²) in [5.41, 5.74) is 2.77. The number of phenolic OH excluding ortho intramolecular Hbond substituents is 1. The van der Waals surface area contributed by atoms with Crippen molar-refractivity contribution in [2.75, 3.05) is 5.32 Å². The minimum atomic E-state index is -0.327. The van der Waals surface area contributed by atoms with Gasteiger partial charge in [0, 0.05) is 18.3 Å². The van der Waals surface area contributed by atoms with Gasteiger partial charge in [-0.2, -0.15) is 0 Å². The Bertz CT molecular complexity index is 904. The fraction of sp³-hybridized carbons (Fsp3) is 0.211. The average molecular weight is 368 g/mol. The van der Waals surface area contributed by atoms with Gasteiger partial charge in [0.1, 0.15) is 5.75 Å². The molecule has 0 radical (unpaired) electrons. The van der Waals surface area contributed by atoms with Gasteiger partial charge in [-0.25, -0.2) is 0 Å². The van der Waals surface area contributed by atoms with Gasteiger partial charge in [0.25, 0.3) is 0 Å². The molecule has 0 saturated heterocycles. The Kier molecular flexibility index (Phi) is 5.27. The average Bonchev–Trinajstić information content (AvgIpc) is 2.98. The monoisotopic (exact) mass is 368 g/mol. The van der Waals surface area contributed by atoms with Crippen molar-refractivity contribution in [3.63, 3.8) is 0 Å². The molecule has 0 aliphatic carbocycles. The summed E-state index contributed by atoms with van der Waals surface area (Å²) < 4.78 is 1.84. The summed E-state index contributed by atoms with van der Waals surface area (Å²) in [6, 6.07) is 14.5. The third-order valence-corrected chi connectivity index (χ3v) is 5.06. The molecule has 0 unspecified atom stereocenters. The smallest absolute Gasteiger partial charge is 0.237 e. The lowest BCUT2D eigenvalue weighted by molar-refractivity contribution is -0.115. The highest BCUT2D eigenvalue weighted by Gasteiger charge is 2.19. The van der Waals surface area contributed by atoms with E-state index in [1.54, 1.807) is 24.3 Å². The molecule has 0 fully saturated rings. The Morgan fingerprint density at radius 1 is 1.12 bits per heavy atom. The maximum Gasteiger partial charge on any atom is 0.237 e. The maximum atomic E-state index is 12.4. The van der Waals surface area contributed by atoms with E-state index in [1.165, 1.54) is 11.8 Å². The number of rotatable bonds is 5. The van der Waals surface area contributed by atoms with Crippen molar-refractivity contribution in [2.45, 2.75) is 24.3 Å². The summed E-state index contributed by atoms with van der Waals surface area (Å²) >= 11 is 1.35. The summed E-state index contributed by atoms with van der Waals surface area (Å²) in [6.45, 7) is 3.84. The molecule has 0 aliphatic rings. The molecule has 2 aromatic carbocycles. The van der Waals surface area contributed by atoms with Crippen molar-refractivity contribution >= 4 is 23.4 Å². The molecule has 1 aromatic heterocycles. The SMILES string of the molecule is Cc1ccc(NC(=O)[C@@H](C)Sc2nnc(-c3ccc(O)cc3)n2C)cc1. The van der Waals surface area contributed by atoms with Gasteiger partial charge < -0.3 is 15.0 Å². The fourth-order valence-corrected chi connectivity index (χ4v) is 3.19. The number of nitrogens with zero attached hydrogens (tertiary/aromatic N) is 3. The molecule has 26 heavy (non-hydrogen) atoms. The Labute approximate surface area is 156 Å². The standard InChI is InChI=1S/C19H20N4O2S/c1-12-4-8-15(9-5-12)20-18(25)13(2)26-19-22-21-17(23(19)3)14-6-10-16(24)11-7-14/h4-11,13,24H,1-3H3,(H,20,25)/t13-/m1/s1. The van der Waals surface area contributed by atoms with E-state index in [4.69, 9.17) is 0 Å². The zero-order chi connectivity index (χ0) is 18.7. The van der Waals surface area contributed by atoms with Crippen molar-refractivity contribution in [2.24, 2.45) is 7.05 Å². The summed E-state index contributed by atoms with van der Waals surface area (Å²) in [6.07, 6.45) is 0. The minimum absolute atomic E-state index is 0.0898. The first kappa shape index (κ1) is 18.0. The lowest BCUT2D eigenvalue weighted by atomic mass is 10.2. The van der Waals surface area contributed by atoms with Crippen LogP contribution in [0, 0.1) is 6.92 Å². The maximum absolute atomic E-state index is 12.4. The topological polar surface area (TPSA) is 80.0 Å². The van der Waals surface area contributed by atoms with Gasteiger partial charge in [0.15, 0.2) is 11.0 Å². The van der Waals surface area contributed by atoms with E-state index < -0.39 is 0 Å². The predicted molar refractivity (Wildman–Crippen MR) is 103 cm³/mol. The van der Waals surface area contributed by atoms with Crippen molar-refractivity contribution in [1.82, 2.24) is 14.8 Å². The predicted octanol–water partition coefficient (Wildman–Crippen LogP) is 3.62. The first-order chi connectivity index (χ1) is 12.4. The largest absolute Gasteiger partial charge is 0.508 e. The Hall–Kier alpha value is -2.80. The van der Waals surface area contributed by atoms with Crippen molar-refractivity contribution in [1.29, 1.82) is 0 Å². The summed E-state index contributed by atoms with van der Waals surface area (Å²) in [7, 11) is 1.86. The van der Waals surface area contributed by atoms with Crippen LogP contribution in [-0.2, 0) is 11.8 Å². The second-order valence-corrected chi connectivity index (χ2v) is 7.34. The molecule has 134 valence electrons. The summed E-state index contributed by atoms with van der Waals surface area (Å²) in [5, 5.41) is 21.0. The third kappa shape index (κ3) is 4.05. The number of anilines is 1. The van der Waals surface area contributed by atoms with Crippen LogP contribution in [0.25, 0.3) is 11.4 Å². The van der Waals surface area contributed by atoms with E-state index in [0.29, 0.717) is 11.0 Å². The molecule has 1 heterocycles. The third-order valence-electron chi connectivity index (χ3n) is 3.93. The number of thioether (sulfide) groups is 1. The van der Waals surface area contributed by atoms with Crippen LogP contribution in [-0.4, -0.2) is 31.0 Å². The molecular formula is C19H20N4O2S. The van der Waals surface area contributed by atoms with Gasteiger partial charge >= 0.3 is 0 Å². The van der Waals surface area contributed by atoms with E-state index in [1.807, 2.05) is 49.7 Å². The molecular weight excluding hydrogens is 348 g/mol. The van der Waals surface area contributed by atoms with Gasteiger partial charge in [-0.15, -0.1) is 10.2 Å². The van der Waals surface area contributed by atoms with Gasteiger partial charge in [0.2, 0.25) is 5.91 Å². The van der Waals surface area contributed by atoms with Crippen molar-refractivity contribution < 1.29 is 9.90 Å². The number of hydrogen-bond acceptors (Lipinski definition) is 5. The Morgan fingerprint density at radius 2 is 1.77 bits per heavy atom. The van der Waals surface area contributed by atoms with Gasteiger partial charge in [-0.05, 0) is 50.2 Å². The first-order valence-corrected chi connectivity index (χ1v) is 9.05. The number of aryl methyl sites for hydroxylation is 1. The van der Waals surface area contributed by atoms with E-state index in [-0.39, 0.29) is 16.9 Å². The van der Waals surface area contributed by atoms with Crippen molar-refractivity contribution in [3.05, 3.63) is 54.1 Å². The number of phenols is 1. The van der Waals surface area contributed by atoms with Gasteiger partial charge in [-0.3, -0.25) is 4.79 Å². The molecule has 0 aliphatic heterocycles. The number of aromatic hydroxyl groups is 1. The quantitative estimate of drug-likeness (QED) is 0.673. The Morgan fingerprint density at radius 3 is 2.42 bits per heavy atom. The molecule has 0 spiro atoms. The van der Waals surface area contributed by atoms with Crippen LogP contribution in [0.1, 0.15) is 12.5 Å². The molecule has 1 amide bonds. The van der Waals surface area contributed by atoms with Crippen LogP contribution in [0.4, 0.5) is 5.69 Å². The summed E-state index contributed by atoms with van der Waals surface area (Å²) in [5.74, 6) is 0.790. The molecule has 1 atom stereocenters. The highest BCUT2D eigenvalue weighted by Crippen LogP contribution is 2.27. The molecule has 3 rings (SSSR count). The lowest BCUT2D eigenvalue weighted by Crippen LogP contribution is -2.22. The zero-order valence-corrected chi connectivity index (χ0v) is 15.6. The molecule has 3 aromatic rings. The zero-order valence-electron chi connectivity index (χ0n) is 14.8. The molecule has 0 saturated carbocycles. The molecule has 7 heteroatoms. The highest BCUT2D eigenvalue weighted by molar-refractivity contribution is 8.00. The normalized spacial score (nSPS) is 12.0. The molecule has 0 bridgehead atoms. The van der Waals surface area contributed by atoms with E-state index in [2.05, 4.69) is 15.5 Å². The second kappa shape index (κ2) is 7.61. The number of carbonyl (C=O) groups excluding carboxylic acids is 1. The molecule has 6 nitrogen and oxygen atoms in total. The number of aromatic nitrogens is 3. The van der Waals surface area contributed by atoms with E-state index in [9.17, 15) is 9.90 Å². The number of hydrogen-bond donors (Lipinski definition) is 2. The van der Waals surface area contributed by atoms with Crippen LogP contribution in [0.2, 0.25) is 0 Å². The molecule has 2 N–H and O–H groups in total. The van der Waals surface area contributed by atoms with Crippen LogP contribution < -0.4 is 5.32 Å². The second-order valence-electron chi connectivity index (χ2n) is 6.03. The lowest BCUT2D eigenvalue weighted by Gasteiger charge is -2.12. The van der Waals surface area contributed by atoms with Crippen LogP contribution in [0.15, 0.2) is 53.7 Å². The van der Waals surface area contributed by atoms with Gasteiger partial charge in [-0.1, -0.05) is 29.5 Å². The Balaban J connectivity index is 1.69. The fourth-order valence-electron chi connectivity index (χ4n) is 2.37. The highest BCUT2D eigenvalue weighted by atomic mass is 32.2. The van der Waals surface area contributed by atoms with Crippen molar-refractivity contribution in [3.8, 4) is 17.1 Å². The minimum Gasteiger partial charge on any atom is -0.508 e. The first-order valence-electron chi connectivity index (χ1n) is 8.17. The number of nitrogens with one attached hydrogen (secondary N) is 1. The van der Waals surface area contributed by atoms with Crippen LogP contribution in [0.5, 0.6) is 5.75 Å².